The van der Waals surface area contributed by atoms with Crippen LogP contribution < -0.4 is 5.69 Å². The lowest BCUT2D eigenvalue weighted by Gasteiger charge is -1.98. The number of hydrogen-bond donors (Lipinski definition) is 2. The van der Waals surface area contributed by atoms with E-state index in [4.69, 9.17) is 15.8 Å². The number of aromatic hydroxyl groups is 1. The summed E-state index contributed by atoms with van der Waals surface area (Å²) in [5.41, 5.74) is -0.576. The van der Waals surface area contributed by atoms with Crippen molar-refractivity contribution in [2.75, 3.05) is 0 Å². The third-order valence-electron chi connectivity index (χ3n) is 1.50. The molecule has 0 unspecified atom stereocenters. The maximum absolute atomic E-state index is 11.0. The number of halogens is 1. The molecule has 0 aliphatic carbocycles. The number of H-pyrrole nitrogens is 1. The van der Waals surface area contributed by atoms with Crippen LogP contribution in [0.15, 0.2) is 4.79 Å². The molecule has 0 fully saturated rings. The Labute approximate surface area is 78.2 Å². The first kappa shape index (κ1) is 10.1. The topological polar surface area (TPSA) is 92.2 Å². The summed E-state index contributed by atoms with van der Waals surface area (Å²) >= 11 is 0. The van der Waals surface area contributed by atoms with E-state index >= 15 is 0 Å². The molecule has 0 aliphatic heterocycles. The molecule has 0 aliphatic rings. The fourth-order valence-corrected chi connectivity index (χ4v) is 1.76. The Morgan fingerprint density at radius 1 is 1.62 bits per heavy atom. The molecule has 13 heavy (non-hydrogen) atoms. The Hall–Kier alpha value is -0.950. The van der Waals surface area contributed by atoms with Gasteiger partial charge in [0, 0.05) is 10.7 Å². The normalized spacial score (nSPS) is 11.8. The highest BCUT2D eigenvalue weighted by Gasteiger charge is 2.14. The first-order chi connectivity index (χ1) is 5.81. The van der Waals surface area contributed by atoms with Crippen molar-refractivity contribution >= 4 is 19.7 Å². The maximum atomic E-state index is 11.0. The molecule has 0 bridgehead atoms. The zero-order valence-electron chi connectivity index (χ0n) is 6.61. The monoisotopic (exact) mass is 226 g/mol. The van der Waals surface area contributed by atoms with E-state index in [1.807, 2.05) is 4.98 Å². The largest absolute Gasteiger partial charge is 0.493 e. The summed E-state index contributed by atoms with van der Waals surface area (Å²) < 4.78 is 22.1. The lowest BCUT2D eigenvalue weighted by Crippen LogP contribution is -2.20. The van der Waals surface area contributed by atoms with Gasteiger partial charge in [0.2, 0.25) is 5.88 Å². The molecule has 8 heteroatoms. The van der Waals surface area contributed by atoms with Gasteiger partial charge in [-0.25, -0.2) is 13.2 Å². The highest BCUT2D eigenvalue weighted by Crippen LogP contribution is 2.11. The molecule has 0 atom stereocenters. The average Bonchev–Trinajstić information content (AvgIpc) is 2.14. The molecule has 0 amide bonds. The second kappa shape index (κ2) is 3.08. The number of aromatic nitrogens is 2. The van der Waals surface area contributed by atoms with Crippen LogP contribution in [0.25, 0.3) is 0 Å². The van der Waals surface area contributed by atoms with Gasteiger partial charge in [-0.3, -0.25) is 9.55 Å². The standard InChI is InChI=1S/C5H7ClN2O4S/c1-3-4(9)7-5(10)8(3)2-13(6,11)12/h9H,2H2,1H3,(H,7,10). The van der Waals surface area contributed by atoms with E-state index in [1.165, 1.54) is 6.92 Å². The second-order valence-corrected chi connectivity index (χ2v) is 5.21. The van der Waals surface area contributed by atoms with Crippen LogP contribution in [-0.2, 0) is 14.9 Å². The van der Waals surface area contributed by atoms with Crippen LogP contribution in [0.5, 0.6) is 5.88 Å². The third kappa shape index (κ3) is 2.25. The van der Waals surface area contributed by atoms with Crippen molar-refractivity contribution in [1.82, 2.24) is 9.55 Å². The lowest BCUT2D eigenvalue weighted by molar-refractivity contribution is 0.450. The number of nitrogens with one attached hydrogen (secondary N) is 1. The third-order valence-corrected chi connectivity index (χ3v) is 2.36. The summed E-state index contributed by atoms with van der Waals surface area (Å²) in [6, 6.07) is 0. The molecule has 0 aromatic carbocycles. The van der Waals surface area contributed by atoms with Crippen LogP contribution >= 0.6 is 10.7 Å². The lowest BCUT2D eigenvalue weighted by atomic mass is 10.5. The zero-order valence-corrected chi connectivity index (χ0v) is 8.18. The Balaban J connectivity index is 3.24. The average molecular weight is 227 g/mol. The van der Waals surface area contributed by atoms with Crippen LogP contribution in [0.3, 0.4) is 0 Å². The van der Waals surface area contributed by atoms with Crippen LogP contribution in [-0.4, -0.2) is 23.1 Å². The molecule has 1 heterocycles. The molecule has 1 rings (SSSR count). The fraction of sp³-hybridized carbons (Fsp3) is 0.400. The molecule has 0 saturated carbocycles. The van der Waals surface area contributed by atoms with E-state index in [-0.39, 0.29) is 11.6 Å². The number of aromatic amines is 1. The second-order valence-electron chi connectivity index (χ2n) is 2.46. The fourth-order valence-electron chi connectivity index (χ4n) is 0.849. The Morgan fingerprint density at radius 2 is 2.15 bits per heavy atom. The van der Waals surface area contributed by atoms with Gasteiger partial charge in [-0.2, -0.15) is 0 Å². The van der Waals surface area contributed by atoms with Gasteiger partial charge in [0.05, 0.1) is 5.69 Å². The summed E-state index contributed by atoms with van der Waals surface area (Å²) in [5.74, 6) is -1.01. The van der Waals surface area contributed by atoms with E-state index in [0.717, 1.165) is 4.57 Å². The highest BCUT2D eigenvalue weighted by molar-refractivity contribution is 8.13. The maximum Gasteiger partial charge on any atom is 0.329 e. The molecule has 0 spiro atoms. The van der Waals surface area contributed by atoms with Crippen molar-refractivity contribution in [3.63, 3.8) is 0 Å². The van der Waals surface area contributed by atoms with Crippen molar-refractivity contribution in [3.8, 4) is 5.88 Å². The van der Waals surface area contributed by atoms with Crippen molar-refractivity contribution in [3.05, 3.63) is 16.2 Å². The first-order valence-electron chi connectivity index (χ1n) is 3.22. The number of rotatable bonds is 2. The molecule has 6 nitrogen and oxygen atoms in total. The molecule has 0 saturated heterocycles. The van der Waals surface area contributed by atoms with Gasteiger partial charge < -0.3 is 5.11 Å². The molecule has 2 N–H and O–H groups in total. The van der Waals surface area contributed by atoms with Crippen molar-refractivity contribution < 1.29 is 13.5 Å². The quantitative estimate of drug-likeness (QED) is 0.679. The van der Waals surface area contributed by atoms with Crippen LogP contribution in [0.2, 0.25) is 0 Å². The minimum absolute atomic E-state index is 0.134. The van der Waals surface area contributed by atoms with Gasteiger partial charge >= 0.3 is 5.69 Å². The van der Waals surface area contributed by atoms with Crippen LogP contribution in [0, 0.1) is 6.92 Å². The summed E-state index contributed by atoms with van der Waals surface area (Å²) in [7, 11) is 1.13. The number of hydrogen-bond acceptors (Lipinski definition) is 4. The summed E-state index contributed by atoms with van der Waals surface area (Å²) in [6.45, 7) is 1.40. The van der Waals surface area contributed by atoms with Crippen LogP contribution in [0.4, 0.5) is 0 Å². The SMILES string of the molecule is Cc1c(O)[nH]c(=O)n1CS(=O)(=O)Cl. The van der Waals surface area contributed by atoms with E-state index in [2.05, 4.69) is 0 Å². The predicted octanol–water partition coefficient (Wildman–Crippen LogP) is -0.283. The number of nitrogens with zero attached hydrogens (tertiary/aromatic N) is 1. The van der Waals surface area contributed by atoms with Crippen molar-refractivity contribution in [2.45, 2.75) is 12.8 Å². The Kier molecular flexibility index (Phi) is 2.40. The molecule has 1 aromatic heterocycles. The number of imidazole rings is 1. The van der Waals surface area contributed by atoms with Gasteiger partial charge in [-0.05, 0) is 6.92 Å². The minimum Gasteiger partial charge on any atom is -0.493 e. The molecule has 74 valence electrons. The summed E-state index contributed by atoms with van der Waals surface area (Å²) in [6.07, 6.45) is 0. The van der Waals surface area contributed by atoms with E-state index < -0.39 is 20.6 Å². The van der Waals surface area contributed by atoms with Gasteiger partial charge in [-0.15, -0.1) is 0 Å². The van der Waals surface area contributed by atoms with Gasteiger partial charge in [0.1, 0.15) is 5.88 Å². The first-order valence-corrected chi connectivity index (χ1v) is 5.70. The molecule has 1 aromatic rings. The predicted molar refractivity (Wildman–Crippen MR) is 46.2 cm³/mol. The molecular weight excluding hydrogens is 220 g/mol. The minimum atomic E-state index is -3.80. The summed E-state index contributed by atoms with van der Waals surface area (Å²) in [4.78, 5) is 13.0. The smallest absolute Gasteiger partial charge is 0.329 e. The Morgan fingerprint density at radius 3 is 2.46 bits per heavy atom. The van der Waals surface area contributed by atoms with E-state index in [9.17, 15) is 13.2 Å². The van der Waals surface area contributed by atoms with Gasteiger partial charge in [0.25, 0.3) is 9.05 Å². The Bertz CT molecular complexity index is 471. The summed E-state index contributed by atoms with van der Waals surface area (Å²) in [5, 5.41) is 9.00. The van der Waals surface area contributed by atoms with Crippen molar-refractivity contribution in [1.29, 1.82) is 0 Å². The highest BCUT2D eigenvalue weighted by atomic mass is 35.7. The molecule has 0 radical (unpaired) electrons. The van der Waals surface area contributed by atoms with Gasteiger partial charge in [-0.1, -0.05) is 0 Å². The van der Waals surface area contributed by atoms with E-state index in [1.54, 1.807) is 0 Å². The van der Waals surface area contributed by atoms with Gasteiger partial charge in [0.15, 0.2) is 0 Å². The molecular formula is C5H7ClN2O4S. The zero-order chi connectivity index (χ0) is 10.2. The van der Waals surface area contributed by atoms with Crippen LogP contribution in [0.1, 0.15) is 5.69 Å². The van der Waals surface area contributed by atoms with E-state index in [0.29, 0.717) is 0 Å². The van der Waals surface area contributed by atoms with Crippen molar-refractivity contribution in [2.24, 2.45) is 0 Å².